The van der Waals surface area contributed by atoms with Gasteiger partial charge in [-0.25, -0.2) is 9.37 Å². The van der Waals surface area contributed by atoms with Gasteiger partial charge in [-0.15, -0.1) is 11.3 Å². The molecule has 1 amide bonds. The molecule has 0 saturated heterocycles. The molecular weight excluding hydrogens is 355 g/mol. The minimum Gasteiger partial charge on any atom is -0.455 e. The van der Waals surface area contributed by atoms with Gasteiger partial charge in [-0.2, -0.15) is 0 Å². The van der Waals surface area contributed by atoms with Crippen molar-refractivity contribution in [3.05, 3.63) is 40.7 Å². The number of aromatic nitrogens is 1. The van der Waals surface area contributed by atoms with E-state index in [9.17, 15) is 14.0 Å². The Morgan fingerprint density at radius 1 is 1.31 bits per heavy atom. The van der Waals surface area contributed by atoms with E-state index in [2.05, 4.69) is 10.3 Å². The molecule has 1 N–H and O–H groups in total. The van der Waals surface area contributed by atoms with Gasteiger partial charge in [0, 0.05) is 23.4 Å². The number of nitrogens with zero attached hydrogens (tertiary/aromatic N) is 1. The van der Waals surface area contributed by atoms with Crippen molar-refractivity contribution in [1.82, 2.24) is 10.3 Å². The molecule has 26 heavy (non-hydrogen) atoms. The van der Waals surface area contributed by atoms with E-state index in [-0.39, 0.29) is 18.3 Å². The molecule has 5 nitrogen and oxygen atoms in total. The van der Waals surface area contributed by atoms with Gasteiger partial charge in [-0.1, -0.05) is 12.1 Å². The number of halogens is 1. The van der Waals surface area contributed by atoms with E-state index >= 15 is 0 Å². The summed E-state index contributed by atoms with van der Waals surface area (Å²) >= 11 is 1.48. The van der Waals surface area contributed by atoms with Gasteiger partial charge in [-0.3, -0.25) is 9.59 Å². The Morgan fingerprint density at radius 2 is 2.04 bits per heavy atom. The quantitative estimate of drug-likeness (QED) is 0.781. The molecule has 1 heterocycles. The molecule has 0 aliphatic carbocycles. The molecule has 2 rings (SSSR count). The Labute approximate surface area is 156 Å². The van der Waals surface area contributed by atoms with Gasteiger partial charge < -0.3 is 10.1 Å². The van der Waals surface area contributed by atoms with E-state index in [1.807, 2.05) is 13.0 Å². The summed E-state index contributed by atoms with van der Waals surface area (Å²) in [5, 5.41) is 3.48. The van der Waals surface area contributed by atoms with E-state index in [0.717, 1.165) is 21.1 Å². The number of amides is 1. The molecule has 0 aliphatic rings. The first-order chi connectivity index (χ1) is 12.2. The number of hydrogen-bond donors (Lipinski definition) is 1. The lowest BCUT2D eigenvalue weighted by molar-refractivity contribution is -0.156. The van der Waals surface area contributed by atoms with E-state index < -0.39 is 11.4 Å². The first-order valence-electron chi connectivity index (χ1n) is 8.33. The number of thiazole rings is 1. The maximum absolute atomic E-state index is 13.3. The van der Waals surface area contributed by atoms with Gasteiger partial charge in [0.25, 0.3) is 5.91 Å². The first-order valence-corrected chi connectivity index (χ1v) is 9.14. The van der Waals surface area contributed by atoms with Crippen LogP contribution in [0.5, 0.6) is 0 Å². The molecular formula is C19H23FN2O3S. The van der Waals surface area contributed by atoms with Gasteiger partial charge in [-0.05, 0) is 39.8 Å². The summed E-state index contributed by atoms with van der Waals surface area (Å²) in [5.74, 6) is -1.05. The Bertz CT molecular complexity index is 796. The second kappa shape index (κ2) is 8.40. The SMILES string of the molecule is Cc1nc(-c2cccc(F)c2)sc1CCNC(=O)COC(=O)C(C)(C)C. The van der Waals surface area contributed by atoms with Crippen LogP contribution in [0.4, 0.5) is 4.39 Å². The smallest absolute Gasteiger partial charge is 0.311 e. The largest absolute Gasteiger partial charge is 0.455 e. The fourth-order valence-corrected chi connectivity index (χ4v) is 3.18. The topological polar surface area (TPSA) is 68.3 Å². The highest BCUT2D eigenvalue weighted by molar-refractivity contribution is 7.15. The molecule has 0 radical (unpaired) electrons. The van der Waals surface area contributed by atoms with Crippen molar-refractivity contribution in [3.8, 4) is 10.6 Å². The zero-order valence-corrected chi connectivity index (χ0v) is 16.2. The van der Waals surface area contributed by atoms with Gasteiger partial charge in [0.05, 0.1) is 11.1 Å². The standard InChI is InChI=1S/C19H23FN2O3S/c1-12-15(26-17(22-12)13-6-5-7-14(20)10-13)8-9-21-16(23)11-25-18(24)19(2,3)4/h5-7,10H,8-9,11H2,1-4H3,(H,21,23). The molecule has 0 fully saturated rings. The molecule has 2 aromatic rings. The monoisotopic (exact) mass is 378 g/mol. The van der Waals surface area contributed by atoms with Crippen LogP contribution >= 0.6 is 11.3 Å². The Balaban J connectivity index is 1.85. The Kier molecular flexibility index (Phi) is 6.47. The number of esters is 1. The molecule has 140 valence electrons. The number of ether oxygens (including phenoxy) is 1. The minimum atomic E-state index is -0.632. The second-order valence-corrected chi connectivity index (χ2v) is 8.05. The van der Waals surface area contributed by atoms with E-state index in [4.69, 9.17) is 4.74 Å². The summed E-state index contributed by atoms with van der Waals surface area (Å²) in [6, 6.07) is 6.32. The van der Waals surface area contributed by atoms with Crippen molar-refractivity contribution in [2.45, 2.75) is 34.1 Å². The van der Waals surface area contributed by atoms with Crippen LogP contribution in [-0.2, 0) is 20.7 Å². The van der Waals surface area contributed by atoms with Crippen LogP contribution in [0.2, 0.25) is 0 Å². The van der Waals surface area contributed by atoms with Crippen molar-refractivity contribution in [2.75, 3.05) is 13.2 Å². The summed E-state index contributed by atoms with van der Waals surface area (Å²) in [4.78, 5) is 28.9. The third kappa shape index (κ3) is 5.62. The summed E-state index contributed by atoms with van der Waals surface area (Å²) in [6.07, 6.45) is 0.609. The number of hydrogen-bond acceptors (Lipinski definition) is 5. The van der Waals surface area contributed by atoms with Crippen LogP contribution in [0.1, 0.15) is 31.3 Å². The van der Waals surface area contributed by atoms with Crippen LogP contribution in [0, 0.1) is 18.2 Å². The van der Waals surface area contributed by atoms with E-state index in [1.54, 1.807) is 26.8 Å². The molecule has 0 saturated carbocycles. The maximum Gasteiger partial charge on any atom is 0.311 e. The summed E-state index contributed by atoms with van der Waals surface area (Å²) in [6.45, 7) is 7.22. The highest BCUT2D eigenvalue weighted by Crippen LogP contribution is 2.28. The highest BCUT2D eigenvalue weighted by Gasteiger charge is 2.23. The lowest BCUT2D eigenvalue weighted by Gasteiger charge is -2.16. The fourth-order valence-electron chi connectivity index (χ4n) is 2.12. The third-order valence-corrected chi connectivity index (χ3v) is 4.85. The van der Waals surface area contributed by atoms with Crippen molar-refractivity contribution in [2.24, 2.45) is 5.41 Å². The zero-order chi connectivity index (χ0) is 19.3. The van der Waals surface area contributed by atoms with Gasteiger partial charge in [0.1, 0.15) is 10.8 Å². The van der Waals surface area contributed by atoms with Crippen LogP contribution in [0.15, 0.2) is 24.3 Å². The number of carbonyl (C=O) groups excluding carboxylic acids is 2. The van der Waals surface area contributed by atoms with Crippen molar-refractivity contribution < 1.29 is 18.7 Å². The van der Waals surface area contributed by atoms with Crippen LogP contribution in [-0.4, -0.2) is 30.0 Å². The summed E-state index contributed by atoms with van der Waals surface area (Å²) in [5.41, 5.74) is 0.970. The predicted octanol–water partition coefficient (Wildman–Crippen LogP) is 3.51. The lowest BCUT2D eigenvalue weighted by atomic mass is 9.97. The lowest BCUT2D eigenvalue weighted by Crippen LogP contribution is -2.33. The van der Waals surface area contributed by atoms with Crippen LogP contribution in [0.3, 0.4) is 0 Å². The average molecular weight is 378 g/mol. The van der Waals surface area contributed by atoms with Gasteiger partial charge in [0.15, 0.2) is 6.61 Å². The average Bonchev–Trinajstić information content (AvgIpc) is 2.93. The summed E-state index contributed by atoms with van der Waals surface area (Å²) < 4.78 is 18.3. The van der Waals surface area contributed by atoms with Gasteiger partial charge in [0.2, 0.25) is 0 Å². The third-order valence-electron chi connectivity index (χ3n) is 3.59. The zero-order valence-electron chi connectivity index (χ0n) is 15.4. The molecule has 0 aliphatic heterocycles. The predicted molar refractivity (Wildman–Crippen MR) is 99.4 cm³/mol. The van der Waals surface area contributed by atoms with Crippen molar-refractivity contribution in [1.29, 1.82) is 0 Å². The Hall–Kier alpha value is -2.28. The number of aryl methyl sites for hydroxylation is 1. The fraction of sp³-hybridized carbons (Fsp3) is 0.421. The number of nitrogens with one attached hydrogen (secondary N) is 1. The van der Waals surface area contributed by atoms with Gasteiger partial charge >= 0.3 is 5.97 Å². The van der Waals surface area contributed by atoms with Crippen molar-refractivity contribution in [3.63, 3.8) is 0 Å². The molecule has 7 heteroatoms. The molecule has 0 spiro atoms. The van der Waals surface area contributed by atoms with Crippen LogP contribution < -0.4 is 5.32 Å². The highest BCUT2D eigenvalue weighted by atomic mass is 32.1. The normalized spacial score (nSPS) is 11.3. The van der Waals surface area contributed by atoms with E-state index in [1.165, 1.54) is 23.5 Å². The molecule has 0 atom stereocenters. The number of rotatable bonds is 6. The second-order valence-electron chi connectivity index (χ2n) is 6.96. The van der Waals surface area contributed by atoms with E-state index in [0.29, 0.717) is 13.0 Å². The Morgan fingerprint density at radius 3 is 2.69 bits per heavy atom. The number of carbonyl (C=O) groups is 2. The summed E-state index contributed by atoms with van der Waals surface area (Å²) in [7, 11) is 0. The van der Waals surface area contributed by atoms with Crippen molar-refractivity contribution >= 4 is 23.2 Å². The maximum atomic E-state index is 13.3. The molecule has 1 aromatic carbocycles. The molecule has 0 bridgehead atoms. The molecule has 1 aromatic heterocycles. The first kappa shape index (κ1) is 20.0. The number of benzene rings is 1. The molecule has 0 unspecified atom stereocenters. The van der Waals surface area contributed by atoms with Crippen LogP contribution in [0.25, 0.3) is 10.6 Å². The minimum absolute atomic E-state index is 0.285.